The van der Waals surface area contributed by atoms with Gasteiger partial charge in [-0.05, 0) is 97.8 Å². The van der Waals surface area contributed by atoms with Crippen LogP contribution in [-0.2, 0) is 21.8 Å². The maximum absolute atomic E-state index is 13.4. The van der Waals surface area contributed by atoms with Crippen molar-refractivity contribution in [3.63, 3.8) is 0 Å². The number of hydrogen-bond acceptors (Lipinski definition) is 16. The number of amides is 2. The number of ether oxygens (including phenoxy) is 4. The summed E-state index contributed by atoms with van der Waals surface area (Å²) >= 11 is 6.00. The molecule has 2 saturated heterocycles. The largest absolute Gasteiger partial charge is 1.00 e. The van der Waals surface area contributed by atoms with E-state index in [1.807, 2.05) is 19.9 Å². The number of nitrogens with one attached hydrogen (secondary N) is 5. The quantitative estimate of drug-likeness (QED) is 0.0475. The van der Waals surface area contributed by atoms with Crippen molar-refractivity contribution in [3.05, 3.63) is 149 Å². The topological polar surface area (TPSA) is 212 Å². The fraction of sp³-hybridized carbons (Fsp3) is 0.259. The predicted octanol–water partition coefficient (Wildman–Crippen LogP) is 7.81. The van der Waals surface area contributed by atoms with Crippen LogP contribution in [0.25, 0.3) is 21.8 Å². The molecule has 18 nitrogen and oxygen atoms in total. The molecule has 10 rings (SSSR count). The van der Waals surface area contributed by atoms with Gasteiger partial charge in [-0.2, -0.15) is 26.3 Å². The fourth-order valence-corrected chi connectivity index (χ4v) is 8.19. The van der Waals surface area contributed by atoms with Gasteiger partial charge in [0.1, 0.15) is 46.8 Å². The number of anilines is 7. The van der Waals surface area contributed by atoms with Gasteiger partial charge in [0, 0.05) is 70.8 Å². The number of morpholine rings is 2. The average Bonchev–Trinajstić information content (AvgIpc) is 3.45. The molecule has 2 aliphatic rings. The summed E-state index contributed by atoms with van der Waals surface area (Å²) < 4.78 is 100. The van der Waals surface area contributed by atoms with E-state index in [1.165, 1.54) is 37.1 Å². The maximum Gasteiger partial charge on any atom is 0.420 e. The van der Waals surface area contributed by atoms with Crippen LogP contribution in [0.5, 0.6) is 11.5 Å². The summed E-state index contributed by atoms with van der Waals surface area (Å²) in [5.74, 6) is -0.0383. The van der Waals surface area contributed by atoms with Gasteiger partial charge in [-0.25, -0.2) is 29.9 Å². The van der Waals surface area contributed by atoms with Crippen LogP contribution < -0.4 is 64.9 Å². The molecule has 0 bridgehead atoms. The molecule has 5 N–H and O–H groups in total. The highest BCUT2D eigenvalue weighted by Crippen LogP contribution is 2.39. The first kappa shape index (κ1) is 59.9. The molecule has 0 saturated carbocycles. The lowest BCUT2D eigenvalue weighted by atomic mass is 10.1. The number of aryl methyl sites for hydroxylation is 2. The van der Waals surface area contributed by atoms with E-state index >= 15 is 0 Å². The van der Waals surface area contributed by atoms with Crippen molar-refractivity contribution in [1.82, 2.24) is 35.2 Å². The molecule has 0 spiro atoms. The van der Waals surface area contributed by atoms with Crippen LogP contribution in [0.15, 0.2) is 110 Å². The minimum atomic E-state index is -4.63. The third-order valence-corrected chi connectivity index (χ3v) is 12.4. The van der Waals surface area contributed by atoms with Crippen LogP contribution in [0, 0.1) is 13.8 Å². The van der Waals surface area contributed by atoms with E-state index in [2.05, 4.69) is 61.4 Å². The van der Waals surface area contributed by atoms with Gasteiger partial charge >= 0.3 is 12.4 Å². The highest BCUT2D eigenvalue weighted by Gasteiger charge is 2.36. The van der Waals surface area contributed by atoms with E-state index in [9.17, 15) is 35.9 Å². The number of aromatic nitrogens is 6. The molecule has 2 fully saturated rings. The van der Waals surface area contributed by atoms with Crippen molar-refractivity contribution in [2.45, 2.75) is 26.2 Å². The number of hydrogen-bond donors (Lipinski definition) is 5. The van der Waals surface area contributed by atoms with Crippen LogP contribution >= 0.6 is 11.6 Å². The summed E-state index contributed by atoms with van der Waals surface area (Å²) in [4.78, 5) is 53.5. The third kappa shape index (κ3) is 15.3. The summed E-state index contributed by atoms with van der Waals surface area (Å²) in [5, 5.41) is 16.3. The molecular weight excluding hydrogens is 1190 g/mol. The minimum Gasteiger partial charge on any atom is -1.00 e. The van der Waals surface area contributed by atoms with Gasteiger partial charge in [-0.15, -0.1) is 0 Å². The number of fused-ring (bicyclic) bond motifs is 2. The number of carbonyl (C=O) groups excluding carboxylic acids is 2. The van der Waals surface area contributed by atoms with Crippen molar-refractivity contribution in [2.75, 3.05) is 93.0 Å². The molecule has 2 amide bonds. The van der Waals surface area contributed by atoms with Gasteiger partial charge < -0.3 is 74.4 Å². The summed E-state index contributed by atoms with van der Waals surface area (Å²) in [5.41, 5.74) is 2.56. The van der Waals surface area contributed by atoms with Gasteiger partial charge in [-0.3, -0.25) is 9.59 Å². The Kier molecular flexibility index (Phi) is 20.2. The minimum absolute atomic E-state index is 0. The van der Waals surface area contributed by atoms with E-state index in [-0.39, 0.29) is 63.1 Å². The van der Waals surface area contributed by atoms with Crippen LogP contribution in [0.1, 0.15) is 43.0 Å². The molecule has 0 aliphatic carbocycles. The molecule has 2 aliphatic heterocycles. The first-order chi connectivity index (χ1) is 37.9. The number of alkyl halides is 6. The summed E-state index contributed by atoms with van der Waals surface area (Å²) in [6.07, 6.45) is -3.27. The zero-order valence-corrected chi connectivity index (χ0v) is 46.1. The molecule has 8 aromatic rings. The molecule has 0 atom stereocenters. The highest BCUT2D eigenvalue weighted by atomic mass is 127. The Hall–Kier alpha value is -7.72. The van der Waals surface area contributed by atoms with E-state index in [0.29, 0.717) is 52.6 Å². The Morgan fingerprint density at radius 3 is 1.50 bits per heavy atom. The highest BCUT2D eigenvalue weighted by molar-refractivity contribution is 6.30. The number of methoxy groups -OCH3 is 2. The lowest BCUT2D eigenvalue weighted by Gasteiger charge is -2.28. The van der Waals surface area contributed by atoms with Crippen LogP contribution in [0.2, 0.25) is 5.15 Å². The molecule has 4 aromatic carbocycles. The number of nitrogens with zero attached hydrogens (tertiary/aromatic N) is 7. The second-order valence-corrected chi connectivity index (χ2v) is 17.9. The smallest absolute Gasteiger partial charge is 0.420 e. The number of pyridine rings is 2. The standard InChI is InChI=1S/C27H25F3N6O3.C23H17ClF3N5O2.C4H9NO.HI/c1-16-3-4-17(26(37)34-18-5-6-23(38-2)20(12-18)27(28,29)30)11-21(16)35-25-19-13-24(36-7-9-39-10-8-36)31-14-22(19)32-15-33-25;1-12-3-4-13(22(33)31-14-5-6-19(34-2)16(8-14)23(25,26)27)7-17(12)32-21-15-9-20(24)28-10-18(15)29-11-30-21;1-3-6-4-2-5-1;/h3-6,11-15H,7-10H2,1-2H3,(H,34,37)(H,32,33,35);3-11H,1-2H3,(H,31,33)(H,29,30,32);5H,1-4H2;1H/p-1. The molecule has 4 aromatic heterocycles. The number of halogens is 8. The van der Waals surface area contributed by atoms with Gasteiger partial charge in [0.25, 0.3) is 11.8 Å². The summed E-state index contributed by atoms with van der Waals surface area (Å²) in [7, 11) is 2.31. The van der Waals surface area contributed by atoms with E-state index in [1.54, 1.807) is 48.7 Å². The molecule has 0 radical (unpaired) electrons. The second kappa shape index (κ2) is 27.0. The Morgan fingerprint density at radius 1 is 0.600 bits per heavy atom. The number of benzene rings is 4. The fourth-order valence-electron chi connectivity index (χ4n) is 8.03. The van der Waals surface area contributed by atoms with Crippen LogP contribution in [-0.4, -0.2) is 109 Å². The average molecular weight is 1240 g/mol. The Labute approximate surface area is 476 Å². The Bertz CT molecular complexity index is 3470. The summed E-state index contributed by atoms with van der Waals surface area (Å²) in [6.45, 7) is 10.2. The van der Waals surface area contributed by atoms with Crippen molar-refractivity contribution in [1.29, 1.82) is 0 Å². The van der Waals surface area contributed by atoms with Crippen LogP contribution in [0.4, 0.5) is 66.5 Å². The zero-order valence-electron chi connectivity index (χ0n) is 43.2. The first-order valence-electron chi connectivity index (χ1n) is 24.2. The summed E-state index contributed by atoms with van der Waals surface area (Å²) in [6, 6.07) is 20.0. The lowest BCUT2D eigenvalue weighted by molar-refractivity contribution is -0.139. The van der Waals surface area contributed by atoms with Crippen molar-refractivity contribution >= 4 is 85.4 Å². The lowest BCUT2D eigenvalue weighted by Crippen LogP contribution is -3.00. The van der Waals surface area contributed by atoms with E-state index < -0.39 is 35.3 Å². The van der Waals surface area contributed by atoms with Crippen molar-refractivity contribution < 1.29 is 78.9 Å². The number of carbonyl (C=O) groups is 2. The van der Waals surface area contributed by atoms with Crippen molar-refractivity contribution in [2.24, 2.45) is 0 Å². The van der Waals surface area contributed by atoms with Gasteiger partial charge in [0.15, 0.2) is 0 Å². The van der Waals surface area contributed by atoms with Gasteiger partial charge in [0.05, 0.1) is 75.2 Å². The molecule has 26 heteroatoms. The molecule has 80 heavy (non-hydrogen) atoms. The first-order valence-corrected chi connectivity index (χ1v) is 24.6. The monoisotopic (exact) mass is 1240 g/mol. The predicted molar refractivity (Wildman–Crippen MR) is 287 cm³/mol. The second-order valence-electron chi connectivity index (χ2n) is 17.5. The Morgan fingerprint density at radius 2 is 1.06 bits per heavy atom. The molecule has 6 heterocycles. The third-order valence-electron chi connectivity index (χ3n) is 12.2. The van der Waals surface area contributed by atoms with Crippen molar-refractivity contribution in [3.8, 4) is 11.5 Å². The normalized spacial score (nSPS) is 13.4. The zero-order chi connectivity index (χ0) is 56.3. The van der Waals surface area contributed by atoms with E-state index in [0.717, 1.165) is 94.1 Å². The van der Waals surface area contributed by atoms with Gasteiger partial charge in [0.2, 0.25) is 0 Å². The number of rotatable bonds is 11. The molecular formula is C54H51ClF6IN12O6-. The molecule has 420 valence electrons. The van der Waals surface area contributed by atoms with E-state index in [4.69, 9.17) is 30.5 Å². The van der Waals surface area contributed by atoms with Gasteiger partial charge in [-0.1, -0.05) is 23.7 Å². The van der Waals surface area contributed by atoms with Crippen LogP contribution in [0.3, 0.4) is 0 Å². The SMILES string of the molecule is C1COCCN1.COc1ccc(NC(=O)c2ccc(C)c(Nc3ncnc4cnc(Cl)cc34)c2)cc1C(F)(F)F.COc1ccc(NC(=O)c2ccc(C)c(Nc3ncnc4cnc(N5CCOCC5)cc34)c2)cc1C(F)(F)F.[I-]. The molecule has 0 unspecified atom stereocenters. The Balaban J connectivity index is 0.000000208. The maximum atomic E-state index is 13.4.